The molecule has 0 amide bonds. The number of hydrogen-bond donors (Lipinski definition) is 0. The Morgan fingerprint density at radius 2 is 1.45 bits per heavy atom. The van der Waals surface area contributed by atoms with E-state index in [1.807, 2.05) is 30.3 Å². The first-order valence-corrected chi connectivity index (χ1v) is 14.9. The third-order valence-electron chi connectivity index (χ3n) is 8.46. The van der Waals surface area contributed by atoms with Crippen LogP contribution in [0.15, 0.2) is 85.1 Å². The molecule has 8 heteroatoms. The average molecular weight is 760 g/mol. The zero-order chi connectivity index (χ0) is 29.8. The molecule has 4 aromatic carbocycles. The topological polar surface area (TPSA) is 27.8 Å². The first-order valence-electron chi connectivity index (χ1n) is 14.9. The van der Waals surface area contributed by atoms with Gasteiger partial charge in [0.2, 0.25) is 0 Å². The van der Waals surface area contributed by atoms with Crippen LogP contribution in [0.1, 0.15) is 50.7 Å². The molecule has 0 fully saturated rings. The molecule has 0 atom stereocenters. The van der Waals surface area contributed by atoms with Crippen molar-refractivity contribution in [3.05, 3.63) is 121 Å². The molecule has 0 spiro atoms. The number of hydrogen-bond acceptors (Lipinski definition) is 4. The summed E-state index contributed by atoms with van der Waals surface area (Å²) in [6.07, 6.45) is 5.53. The number of fused-ring (bicyclic) bond motifs is 4. The van der Waals surface area contributed by atoms with Crippen LogP contribution in [0.3, 0.4) is 0 Å². The minimum absolute atomic E-state index is 0. The third-order valence-corrected chi connectivity index (χ3v) is 8.46. The third kappa shape index (κ3) is 5.01. The van der Waals surface area contributed by atoms with Crippen LogP contribution < -0.4 is 29.4 Å². The standard InChI is InChI=1S/C36H35BN5O.Pt/c1-25(2)30-14-10-15-31(26(3)4)36(30)37-39(6)33-19-18-29(23-35(33)41-20-11-21-42(37)41)43-28-13-9-12-27(22-28)40-24-38(5)32-16-7-8-17-34(32)40;/h7-19,21,24-26H,1-6H3;/q-3;+4. The monoisotopic (exact) mass is 759 g/mol. The Kier molecular flexibility index (Phi) is 8.11. The van der Waals surface area contributed by atoms with Gasteiger partial charge in [-0.3, -0.25) is 4.68 Å². The van der Waals surface area contributed by atoms with Crippen LogP contribution in [0.2, 0.25) is 0 Å². The Hall–Kier alpha value is -3.96. The Labute approximate surface area is 275 Å². The normalized spacial score (nSPS) is 13.6. The number of para-hydroxylation sites is 2. The molecule has 222 valence electrons. The molecule has 44 heavy (non-hydrogen) atoms. The van der Waals surface area contributed by atoms with Crippen molar-refractivity contribution in [3.8, 4) is 17.2 Å². The number of rotatable bonds is 6. The van der Waals surface area contributed by atoms with E-state index in [9.17, 15) is 0 Å². The summed E-state index contributed by atoms with van der Waals surface area (Å²) >= 11 is 0. The maximum Gasteiger partial charge on any atom is 4.00 e. The van der Waals surface area contributed by atoms with Crippen LogP contribution in [0.25, 0.3) is 5.69 Å². The molecular formula is C36H35BN5OPt+. The molecule has 5 aromatic rings. The van der Waals surface area contributed by atoms with Gasteiger partial charge in [-0.1, -0.05) is 69.8 Å². The van der Waals surface area contributed by atoms with Crippen molar-refractivity contribution >= 4 is 35.2 Å². The predicted molar refractivity (Wildman–Crippen MR) is 174 cm³/mol. The predicted octanol–water partition coefficient (Wildman–Crippen LogP) is 6.60. The Balaban J connectivity index is 0.00000343. The molecule has 0 saturated carbocycles. The van der Waals surface area contributed by atoms with Gasteiger partial charge in [0.25, 0.3) is 0 Å². The Morgan fingerprint density at radius 1 is 0.773 bits per heavy atom. The van der Waals surface area contributed by atoms with Gasteiger partial charge in [0.1, 0.15) is 0 Å². The number of anilines is 4. The van der Waals surface area contributed by atoms with E-state index in [-0.39, 0.29) is 28.0 Å². The van der Waals surface area contributed by atoms with Crippen molar-refractivity contribution in [3.63, 3.8) is 0 Å². The first-order chi connectivity index (χ1) is 20.8. The van der Waals surface area contributed by atoms with Gasteiger partial charge < -0.3 is 19.3 Å². The van der Waals surface area contributed by atoms with E-state index >= 15 is 0 Å². The molecule has 2 aliphatic rings. The summed E-state index contributed by atoms with van der Waals surface area (Å²) in [4.78, 5) is 6.59. The maximum absolute atomic E-state index is 6.38. The van der Waals surface area contributed by atoms with Crippen LogP contribution in [-0.2, 0) is 21.1 Å². The van der Waals surface area contributed by atoms with Crippen molar-refractivity contribution in [1.82, 2.24) is 4.68 Å². The smallest absolute Gasteiger partial charge is 0.510 e. The van der Waals surface area contributed by atoms with E-state index in [1.54, 1.807) is 0 Å². The molecule has 0 saturated heterocycles. The fraction of sp³-hybridized carbons (Fsp3) is 0.222. The number of ether oxygens (including phenoxy) is 1. The van der Waals surface area contributed by atoms with Crippen LogP contribution in [0.4, 0.5) is 22.7 Å². The average Bonchev–Trinajstić information content (AvgIpc) is 3.62. The van der Waals surface area contributed by atoms with Crippen LogP contribution in [-0.4, -0.2) is 25.8 Å². The van der Waals surface area contributed by atoms with Gasteiger partial charge in [-0.25, -0.2) is 4.59 Å². The second kappa shape index (κ2) is 11.9. The van der Waals surface area contributed by atoms with E-state index in [1.165, 1.54) is 16.6 Å². The van der Waals surface area contributed by atoms with Crippen molar-refractivity contribution in [2.75, 3.05) is 28.7 Å². The summed E-state index contributed by atoms with van der Waals surface area (Å²) in [6.45, 7) is 11.2. The number of aromatic nitrogens is 2. The summed E-state index contributed by atoms with van der Waals surface area (Å²) in [5.74, 6) is 2.06. The second-order valence-electron chi connectivity index (χ2n) is 11.9. The first kappa shape index (κ1) is 30.1. The van der Waals surface area contributed by atoms with Gasteiger partial charge >= 0.3 is 28.0 Å². The Bertz CT molecular complexity index is 1790. The molecule has 7 rings (SSSR count). The molecule has 0 aliphatic carbocycles. The van der Waals surface area contributed by atoms with Crippen molar-refractivity contribution in [2.24, 2.45) is 0 Å². The van der Waals surface area contributed by atoms with E-state index in [0.717, 1.165) is 28.4 Å². The SMILES string of the molecule is CC(C)c1cccc(C(C)C)c1B1N(C)c2ccc(Oc3[c-]c(N4[CH-]N(C)c5ccccc54)ccc3)[c-]c2-n2[c-]cc[n+]21.[Pt+4]. The molecule has 0 radical (unpaired) electrons. The largest absolute Gasteiger partial charge is 4.00 e. The van der Waals surface area contributed by atoms with Gasteiger partial charge in [0.15, 0.2) is 0 Å². The molecule has 2 aliphatic heterocycles. The van der Waals surface area contributed by atoms with Gasteiger partial charge in [-0.2, -0.15) is 24.9 Å². The minimum atomic E-state index is -0.0161. The number of nitrogens with zero attached hydrogens (tertiary/aromatic N) is 5. The summed E-state index contributed by atoms with van der Waals surface area (Å²) < 4.78 is 10.7. The van der Waals surface area contributed by atoms with Gasteiger partial charge in [0, 0.05) is 28.3 Å². The molecule has 0 unspecified atom stereocenters. The second-order valence-corrected chi connectivity index (χ2v) is 11.9. The summed E-state index contributed by atoms with van der Waals surface area (Å²) in [5, 5.41) is 0. The minimum Gasteiger partial charge on any atom is -0.510 e. The zero-order valence-electron chi connectivity index (χ0n) is 25.9. The number of benzene rings is 4. The van der Waals surface area contributed by atoms with Gasteiger partial charge in [-0.05, 0) is 55.4 Å². The summed E-state index contributed by atoms with van der Waals surface area (Å²) in [5.41, 5.74) is 9.25. The molecule has 0 N–H and O–H groups in total. The molecule has 3 heterocycles. The molecule has 0 bridgehead atoms. The summed E-state index contributed by atoms with van der Waals surface area (Å²) in [6, 6.07) is 34.2. The quantitative estimate of drug-likeness (QED) is 0.144. The van der Waals surface area contributed by atoms with Crippen molar-refractivity contribution < 1.29 is 30.4 Å². The van der Waals surface area contributed by atoms with Gasteiger partial charge in [0.05, 0.1) is 6.20 Å². The van der Waals surface area contributed by atoms with Crippen LogP contribution in [0, 0.1) is 25.0 Å². The fourth-order valence-corrected chi connectivity index (χ4v) is 6.40. The van der Waals surface area contributed by atoms with Crippen molar-refractivity contribution in [1.29, 1.82) is 0 Å². The Morgan fingerprint density at radius 3 is 2.18 bits per heavy atom. The van der Waals surface area contributed by atoms with Crippen LogP contribution in [0.5, 0.6) is 11.5 Å². The van der Waals surface area contributed by atoms with Gasteiger partial charge in [-0.15, -0.1) is 35.6 Å². The van der Waals surface area contributed by atoms with E-state index in [2.05, 4.69) is 145 Å². The molecular weight excluding hydrogens is 724 g/mol. The molecule has 1 aromatic heterocycles. The summed E-state index contributed by atoms with van der Waals surface area (Å²) in [7, 11) is 4.22. The molecule has 6 nitrogen and oxygen atoms in total. The maximum atomic E-state index is 6.38. The fourth-order valence-electron chi connectivity index (χ4n) is 6.40. The zero-order valence-corrected chi connectivity index (χ0v) is 28.1. The van der Waals surface area contributed by atoms with E-state index in [4.69, 9.17) is 4.74 Å². The van der Waals surface area contributed by atoms with Crippen molar-refractivity contribution in [2.45, 2.75) is 39.5 Å². The van der Waals surface area contributed by atoms with E-state index < -0.39 is 0 Å². The van der Waals surface area contributed by atoms with Crippen LogP contribution >= 0.6 is 0 Å². The van der Waals surface area contributed by atoms with E-state index in [0.29, 0.717) is 23.3 Å².